The quantitative estimate of drug-likeness (QED) is 0.321. The van der Waals surface area contributed by atoms with Gasteiger partial charge in [-0.15, -0.1) is 24.0 Å². The zero-order valence-corrected chi connectivity index (χ0v) is 21.3. The Balaban J connectivity index is 0.00000341. The molecule has 0 radical (unpaired) electrons. The van der Waals surface area contributed by atoms with E-state index in [1.54, 1.807) is 19.1 Å². The van der Waals surface area contributed by atoms with Crippen LogP contribution in [0.4, 0.5) is 0 Å². The van der Waals surface area contributed by atoms with E-state index in [1.807, 2.05) is 31.2 Å². The number of fused-ring (bicyclic) bond motifs is 1. The van der Waals surface area contributed by atoms with Crippen LogP contribution in [0, 0.1) is 6.92 Å². The Hall–Kier alpha value is -2.01. The van der Waals surface area contributed by atoms with Crippen LogP contribution in [0.25, 0.3) is 0 Å². The van der Waals surface area contributed by atoms with E-state index in [-0.39, 0.29) is 24.0 Å². The van der Waals surface area contributed by atoms with Gasteiger partial charge in [0.15, 0.2) is 27.3 Å². The Bertz CT molecular complexity index is 1030. The fraction of sp³-hybridized carbons (Fsp3) is 0.409. The molecule has 0 atom stereocenters. The molecule has 0 aromatic heterocycles. The molecule has 0 amide bonds. The van der Waals surface area contributed by atoms with Gasteiger partial charge in [-0.05, 0) is 48.7 Å². The second kappa shape index (κ2) is 11.6. The summed E-state index contributed by atoms with van der Waals surface area (Å²) in [4.78, 5) is 4.98. The Morgan fingerprint density at radius 1 is 1.03 bits per heavy atom. The first kappa shape index (κ1) is 25.3. The third-order valence-electron chi connectivity index (χ3n) is 4.67. The number of hydrogen-bond donors (Lipinski definition) is 2. The number of benzene rings is 2. The molecular weight excluding hydrogens is 529 g/mol. The van der Waals surface area contributed by atoms with Crippen molar-refractivity contribution < 1.29 is 17.9 Å². The van der Waals surface area contributed by atoms with E-state index >= 15 is 0 Å². The van der Waals surface area contributed by atoms with Crippen LogP contribution >= 0.6 is 24.0 Å². The number of nitrogens with one attached hydrogen (secondary N) is 2. The zero-order valence-electron chi connectivity index (χ0n) is 18.1. The highest BCUT2D eigenvalue weighted by Gasteiger charge is 2.12. The molecule has 0 unspecified atom stereocenters. The summed E-state index contributed by atoms with van der Waals surface area (Å²) >= 11 is 0. The third-order valence-corrected chi connectivity index (χ3v) is 5.93. The summed E-state index contributed by atoms with van der Waals surface area (Å²) in [6.45, 7) is 6.92. The standard InChI is InChI=1S/C22H29N3O4S.HI/c1-4-23-22(24-14-17-7-9-21(16(2)12-17)30(3,26)27)25-15-18-6-8-19-20(13-18)29-11-5-10-28-19;/h6-9,12-13H,4-5,10-11,14-15H2,1-3H3,(H2,23,24,25);1H. The molecule has 7 nitrogen and oxygen atoms in total. The number of hydrogen-bond acceptors (Lipinski definition) is 5. The first-order valence-electron chi connectivity index (χ1n) is 10.1. The Labute approximate surface area is 201 Å². The van der Waals surface area contributed by atoms with Crippen molar-refractivity contribution >= 4 is 39.8 Å². The molecule has 0 saturated carbocycles. The average Bonchev–Trinajstić information content (AvgIpc) is 2.94. The monoisotopic (exact) mass is 559 g/mol. The number of nitrogens with zero attached hydrogens (tertiary/aromatic N) is 1. The van der Waals surface area contributed by atoms with Gasteiger partial charge in [0.1, 0.15) is 0 Å². The SMILES string of the molecule is CCNC(=NCc1ccc(S(C)(=O)=O)c(C)c1)NCc1ccc2c(c1)OCCCO2.I. The summed E-state index contributed by atoms with van der Waals surface area (Å²) in [5, 5.41) is 6.56. The van der Waals surface area contributed by atoms with Crippen molar-refractivity contribution in [1.29, 1.82) is 0 Å². The van der Waals surface area contributed by atoms with Crippen LogP contribution in [0.2, 0.25) is 0 Å². The van der Waals surface area contributed by atoms with E-state index in [1.165, 1.54) is 6.26 Å². The van der Waals surface area contributed by atoms with E-state index in [4.69, 9.17) is 9.47 Å². The highest BCUT2D eigenvalue weighted by Crippen LogP contribution is 2.30. The first-order chi connectivity index (χ1) is 14.4. The van der Waals surface area contributed by atoms with Gasteiger partial charge in [0.2, 0.25) is 0 Å². The summed E-state index contributed by atoms with van der Waals surface area (Å²) in [5.74, 6) is 2.24. The molecule has 9 heteroatoms. The first-order valence-corrected chi connectivity index (χ1v) is 12.0. The van der Waals surface area contributed by atoms with Gasteiger partial charge < -0.3 is 20.1 Å². The third kappa shape index (κ3) is 7.27. The number of guanidine groups is 1. The van der Waals surface area contributed by atoms with Crippen molar-refractivity contribution in [3.8, 4) is 11.5 Å². The molecule has 1 aliphatic rings. The van der Waals surface area contributed by atoms with Crippen LogP contribution in [0.1, 0.15) is 30.0 Å². The number of aliphatic imine (C=N–C) groups is 1. The number of aryl methyl sites for hydroxylation is 1. The highest BCUT2D eigenvalue weighted by atomic mass is 127. The molecule has 0 bridgehead atoms. The molecule has 2 aromatic rings. The number of rotatable bonds is 6. The van der Waals surface area contributed by atoms with Gasteiger partial charge in [0.25, 0.3) is 0 Å². The van der Waals surface area contributed by atoms with Crippen LogP contribution in [-0.4, -0.2) is 40.4 Å². The second-order valence-electron chi connectivity index (χ2n) is 7.25. The van der Waals surface area contributed by atoms with Gasteiger partial charge in [-0.2, -0.15) is 0 Å². The van der Waals surface area contributed by atoms with Crippen LogP contribution < -0.4 is 20.1 Å². The second-order valence-corrected chi connectivity index (χ2v) is 9.24. The van der Waals surface area contributed by atoms with Crippen molar-refractivity contribution in [1.82, 2.24) is 10.6 Å². The summed E-state index contributed by atoms with van der Waals surface area (Å²) in [7, 11) is -3.22. The predicted molar refractivity (Wildman–Crippen MR) is 133 cm³/mol. The van der Waals surface area contributed by atoms with E-state index in [0.29, 0.717) is 37.2 Å². The topological polar surface area (TPSA) is 89.0 Å². The maximum absolute atomic E-state index is 11.8. The molecule has 0 aliphatic carbocycles. The van der Waals surface area contributed by atoms with Crippen molar-refractivity contribution in [2.45, 2.75) is 38.3 Å². The molecule has 2 N–H and O–H groups in total. The molecule has 0 fully saturated rings. The maximum atomic E-state index is 11.8. The lowest BCUT2D eigenvalue weighted by atomic mass is 10.1. The lowest BCUT2D eigenvalue weighted by molar-refractivity contribution is 0.297. The lowest BCUT2D eigenvalue weighted by Crippen LogP contribution is -2.36. The predicted octanol–water partition coefficient (Wildman–Crippen LogP) is 3.43. The fourth-order valence-corrected chi connectivity index (χ4v) is 4.20. The molecule has 0 saturated heterocycles. The van der Waals surface area contributed by atoms with Gasteiger partial charge >= 0.3 is 0 Å². The Morgan fingerprint density at radius 2 is 1.74 bits per heavy atom. The van der Waals surface area contributed by atoms with Crippen LogP contribution in [-0.2, 0) is 22.9 Å². The maximum Gasteiger partial charge on any atom is 0.191 e. The van der Waals surface area contributed by atoms with E-state index in [2.05, 4.69) is 15.6 Å². The molecule has 0 spiro atoms. The Kier molecular flexibility index (Phi) is 9.42. The summed E-state index contributed by atoms with van der Waals surface area (Å²) < 4.78 is 35.0. The molecular formula is C22H30IN3O4S. The minimum Gasteiger partial charge on any atom is -0.490 e. The van der Waals surface area contributed by atoms with Crippen LogP contribution in [0.3, 0.4) is 0 Å². The number of halogens is 1. The van der Waals surface area contributed by atoms with Crippen molar-refractivity contribution in [3.63, 3.8) is 0 Å². The smallest absolute Gasteiger partial charge is 0.191 e. The fourth-order valence-electron chi connectivity index (χ4n) is 3.24. The minimum absolute atomic E-state index is 0. The van der Waals surface area contributed by atoms with Crippen molar-refractivity contribution in [3.05, 3.63) is 53.1 Å². The van der Waals surface area contributed by atoms with Crippen molar-refractivity contribution in [2.75, 3.05) is 26.0 Å². The van der Waals surface area contributed by atoms with Crippen LogP contribution in [0.15, 0.2) is 46.3 Å². The number of ether oxygens (including phenoxy) is 2. The lowest BCUT2D eigenvalue weighted by Gasteiger charge is -2.13. The van der Waals surface area contributed by atoms with E-state index in [9.17, 15) is 8.42 Å². The largest absolute Gasteiger partial charge is 0.490 e. The average molecular weight is 559 g/mol. The summed E-state index contributed by atoms with van der Waals surface area (Å²) in [5.41, 5.74) is 2.75. The summed E-state index contributed by atoms with van der Waals surface area (Å²) in [6.07, 6.45) is 2.10. The van der Waals surface area contributed by atoms with Gasteiger partial charge in [-0.25, -0.2) is 13.4 Å². The van der Waals surface area contributed by atoms with E-state index in [0.717, 1.165) is 41.2 Å². The summed E-state index contributed by atoms with van der Waals surface area (Å²) in [6, 6.07) is 11.3. The van der Waals surface area contributed by atoms with Crippen LogP contribution in [0.5, 0.6) is 11.5 Å². The number of sulfone groups is 1. The normalized spacial score (nSPS) is 13.7. The van der Waals surface area contributed by atoms with Gasteiger partial charge in [-0.1, -0.05) is 18.2 Å². The van der Waals surface area contributed by atoms with Gasteiger partial charge in [0, 0.05) is 25.8 Å². The van der Waals surface area contributed by atoms with E-state index < -0.39 is 9.84 Å². The zero-order chi connectivity index (χ0) is 21.6. The molecule has 1 aliphatic heterocycles. The highest BCUT2D eigenvalue weighted by molar-refractivity contribution is 14.0. The Morgan fingerprint density at radius 3 is 2.42 bits per heavy atom. The molecule has 2 aromatic carbocycles. The minimum atomic E-state index is -3.22. The molecule has 1 heterocycles. The molecule has 170 valence electrons. The van der Waals surface area contributed by atoms with Crippen molar-refractivity contribution in [2.24, 2.45) is 4.99 Å². The molecule has 3 rings (SSSR count). The van der Waals surface area contributed by atoms with Gasteiger partial charge in [0.05, 0.1) is 24.7 Å². The van der Waals surface area contributed by atoms with Gasteiger partial charge in [-0.3, -0.25) is 0 Å². The molecule has 31 heavy (non-hydrogen) atoms.